The van der Waals surface area contributed by atoms with Gasteiger partial charge in [-0.05, 0) is 38.8 Å². The van der Waals surface area contributed by atoms with Crippen molar-refractivity contribution in [3.63, 3.8) is 0 Å². The molecule has 2 rings (SSSR count). The first kappa shape index (κ1) is 15.7. The maximum atomic E-state index is 11.3. The number of likely N-dealkylation sites (tertiary alicyclic amines) is 1. The molecule has 1 saturated carbocycles. The number of nitrogens with zero attached hydrogens (tertiary/aromatic N) is 1. The van der Waals surface area contributed by atoms with Gasteiger partial charge in [-0.3, -0.25) is 4.79 Å². The van der Waals surface area contributed by atoms with E-state index in [1.54, 1.807) is 14.2 Å². The Hall–Kier alpha value is -0.650. The van der Waals surface area contributed by atoms with Gasteiger partial charge in [-0.25, -0.2) is 0 Å². The number of carbonyl (C=O) groups excluding carboxylic acids is 1. The topological polar surface area (TPSA) is 53.6 Å². The van der Waals surface area contributed by atoms with E-state index in [1.165, 1.54) is 12.8 Å². The molecule has 1 aliphatic carbocycles. The smallest absolute Gasteiger partial charge is 0.221 e. The minimum absolute atomic E-state index is 0.133. The molecule has 2 aliphatic rings. The van der Waals surface area contributed by atoms with E-state index < -0.39 is 0 Å². The minimum Gasteiger partial charge on any atom is -0.384 e. The largest absolute Gasteiger partial charge is 0.384 e. The van der Waals surface area contributed by atoms with E-state index in [1.807, 2.05) is 0 Å². The van der Waals surface area contributed by atoms with Crippen LogP contribution >= 0.6 is 0 Å². The summed E-state index contributed by atoms with van der Waals surface area (Å²) in [5, 5.41) is 6.35. The summed E-state index contributed by atoms with van der Waals surface area (Å²) in [6.07, 6.45) is 5.60. The third kappa shape index (κ3) is 4.72. The minimum atomic E-state index is 0.133. The molecule has 0 radical (unpaired) electrons. The average molecular weight is 283 g/mol. The van der Waals surface area contributed by atoms with Gasteiger partial charge in [0.1, 0.15) is 0 Å². The lowest BCUT2D eigenvalue weighted by Crippen LogP contribution is -2.48. The van der Waals surface area contributed by atoms with Crippen LogP contribution in [0.25, 0.3) is 0 Å². The highest BCUT2D eigenvalue weighted by Crippen LogP contribution is 2.32. The molecule has 1 amide bonds. The summed E-state index contributed by atoms with van der Waals surface area (Å²) in [5.41, 5.74) is 0.293. The van der Waals surface area contributed by atoms with Crippen LogP contribution in [-0.4, -0.2) is 63.8 Å². The van der Waals surface area contributed by atoms with Crippen LogP contribution in [-0.2, 0) is 9.53 Å². The van der Waals surface area contributed by atoms with Gasteiger partial charge < -0.3 is 20.3 Å². The van der Waals surface area contributed by atoms with Gasteiger partial charge in [-0.15, -0.1) is 0 Å². The summed E-state index contributed by atoms with van der Waals surface area (Å²) in [5.74, 6) is 0.133. The zero-order valence-electron chi connectivity index (χ0n) is 12.9. The molecular weight excluding hydrogens is 254 g/mol. The summed E-state index contributed by atoms with van der Waals surface area (Å²) in [7, 11) is 3.50. The number of amides is 1. The molecule has 2 N–H and O–H groups in total. The van der Waals surface area contributed by atoms with Crippen molar-refractivity contribution in [2.75, 3.05) is 46.9 Å². The van der Waals surface area contributed by atoms with E-state index in [4.69, 9.17) is 4.74 Å². The van der Waals surface area contributed by atoms with Crippen molar-refractivity contribution in [3.8, 4) is 0 Å². The number of methoxy groups -OCH3 is 1. The summed E-state index contributed by atoms with van der Waals surface area (Å²) < 4.78 is 5.47. The quantitative estimate of drug-likeness (QED) is 0.685. The standard InChI is InChI=1S/C15H29N3O2/c1-16-14(19)5-8-18-9-6-15(7-10-18,12-20-2)11-17-13-3-4-13/h13,17H,3-12H2,1-2H3,(H,16,19). The zero-order chi connectivity index (χ0) is 14.4. The molecule has 0 bridgehead atoms. The number of rotatable bonds is 8. The zero-order valence-corrected chi connectivity index (χ0v) is 12.9. The van der Waals surface area contributed by atoms with Gasteiger partial charge in [-0.2, -0.15) is 0 Å². The SMILES string of the molecule is CNC(=O)CCN1CCC(CNC2CC2)(COC)CC1. The van der Waals surface area contributed by atoms with E-state index in [2.05, 4.69) is 15.5 Å². The number of piperidine rings is 1. The second kappa shape index (κ2) is 7.38. The van der Waals surface area contributed by atoms with Gasteiger partial charge in [0, 0.05) is 45.1 Å². The molecule has 2 fully saturated rings. The predicted molar refractivity (Wildman–Crippen MR) is 79.7 cm³/mol. The third-order valence-corrected chi connectivity index (χ3v) is 4.64. The van der Waals surface area contributed by atoms with Crippen molar-refractivity contribution >= 4 is 5.91 Å². The molecule has 1 aliphatic heterocycles. The molecule has 0 aromatic carbocycles. The molecule has 5 nitrogen and oxygen atoms in total. The number of ether oxygens (including phenoxy) is 1. The lowest BCUT2D eigenvalue weighted by molar-refractivity contribution is -0.121. The Morgan fingerprint density at radius 2 is 2.05 bits per heavy atom. The summed E-state index contributed by atoms with van der Waals surface area (Å²) in [6, 6.07) is 0.759. The van der Waals surface area contributed by atoms with E-state index in [0.717, 1.165) is 51.7 Å². The Bertz CT molecular complexity index is 310. The van der Waals surface area contributed by atoms with Gasteiger partial charge in [0.2, 0.25) is 5.91 Å². The van der Waals surface area contributed by atoms with Crippen LogP contribution in [0.1, 0.15) is 32.1 Å². The van der Waals surface area contributed by atoms with Crippen molar-refractivity contribution in [1.82, 2.24) is 15.5 Å². The Morgan fingerprint density at radius 3 is 2.60 bits per heavy atom. The van der Waals surface area contributed by atoms with Crippen molar-refractivity contribution in [2.24, 2.45) is 5.41 Å². The molecule has 0 aromatic rings. The molecule has 0 aromatic heterocycles. The van der Waals surface area contributed by atoms with Crippen molar-refractivity contribution < 1.29 is 9.53 Å². The van der Waals surface area contributed by atoms with Crippen molar-refractivity contribution in [2.45, 2.75) is 38.1 Å². The van der Waals surface area contributed by atoms with Crippen LogP contribution in [0.4, 0.5) is 0 Å². The van der Waals surface area contributed by atoms with Gasteiger partial charge in [0.25, 0.3) is 0 Å². The van der Waals surface area contributed by atoms with E-state index in [-0.39, 0.29) is 5.91 Å². The first-order chi connectivity index (χ1) is 9.67. The van der Waals surface area contributed by atoms with Crippen LogP contribution in [0.2, 0.25) is 0 Å². The highest BCUT2D eigenvalue weighted by molar-refractivity contribution is 5.75. The second-order valence-electron chi connectivity index (χ2n) is 6.35. The van der Waals surface area contributed by atoms with Gasteiger partial charge in [0.15, 0.2) is 0 Å². The molecule has 20 heavy (non-hydrogen) atoms. The Labute approximate surface area is 122 Å². The molecule has 1 saturated heterocycles. The van der Waals surface area contributed by atoms with Gasteiger partial charge in [0.05, 0.1) is 6.61 Å². The molecule has 1 heterocycles. The summed E-state index contributed by atoms with van der Waals surface area (Å²) in [4.78, 5) is 13.7. The second-order valence-corrected chi connectivity index (χ2v) is 6.35. The number of nitrogens with one attached hydrogen (secondary N) is 2. The lowest BCUT2D eigenvalue weighted by atomic mass is 9.79. The van der Waals surface area contributed by atoms with Gasteiger partial charge in [-0.1, -0.05) is 0 Å². The summed E-state index contributed by atoms with van der Waals surface area (Å²) in [6.45, 7) is 4.95. The normalized spacial score (nSPS) is 22.7. The molecule has 116 valence electrons. The number of hydrogen-bond acceptors (Lipinski definition) is 4. The Morgan fingerprint density at radius 1 is 1.35 bits per heavy atom. The molecule has 5 heteroatoms. The molecule has 0 atom stereocenters. The Kier molecular flexibility index (Phi) is 5.81. The van der Waals surface area contributed by atoms with Gasteiger partial charge >= 0.3 is 0 Å². The van der Waals surface area contributed by atoms with Crippen LogP contribution in [0.5, 0.6) is 0 Å². The summed E-state index contributed by atoms with van der Waals surface area (Å²) >= 11 is 0. The maximum absolute atomic E-state index is 11.3. The predicted octanol–water partition coefficient (Wildman–Crippen LogP) is 0.603. The third-order valence-electron chi connectivity index (χ3n) is 4.64. The molecular formula is C15H29N3O2. The first-order valence-corrected chi connectivity index (χ1v) is 7.83. The van der Waals surface area contributed by atoms with Crippen molar-refractivity contribution in [3.05, 3.63) is 0 Å². The fourth-order valence-corrected chi connectivity index (χ4v) is 2.96. The Balaban J connectivity index is 1.74. The van der Waals surface area contributed by atoms with Crippen LogP contribution in [0.15, 0.2) is 0 Å². The van der Waals surface area contributed by atoms with Crippen LogP contribution < -0.4 is 10.6 Å². The van der Waals surface area contributed by atoms with E-state index >= 15 is 0 Å². The number of hydrogen-bond donors (Lipinski definition) is 2. The molecule has 0 unspecified atom stereocenters. The van der Waals surface area contributed by atoms with E-state index in [9.17, 15) is 4.79 Å². The fourth-order valence-electron chi connectivity index (χ4n) is 2.96. The highest BCUT2D eigenvalue weighted by atomic mass is 16.5. The maximum Gasteiger partial charge on any atom is 0.221 e. The highest BCUT2D eigenvalue weighted by Gasteiger charge is 2.36. The average Bonchev–Trinajstić information content (AvgIpc) is 3.29. The van der Waals surface area contributed by atoms with Crippen LogP contribution in [0.3, 0.4) is 0 Å². The fraction of sp³-hybridized carbons (Fsp3) is 0.933. The van der Waals surface area contributed by atoms with Crippen molar-refractivity contribution in [1.29, 1.82) is 0 Å². The molecule has 0 spiro atoms. The van der Waals surface area contributed by atoms with E-state index in [0.29, 0.717) is 11.8 Å². The number of carbonyl (C=O) groups is 1. The first-order valence-electron chi connectivity index (χ1n) is 7.83. The monoisotopic (exact) mass is 283 g/mol. The lowest BCUT2D eigenvalue weighted by Gasteiger charge is -2.41. The van der Waals surface area contributed by atoms with Crippen LogP contribution in [0, 0.1) is 5.41 Å².